The van der Waals surface area contributed by atoms with Crippen LogP contribution in [0.3, 0.4) is 0 Å². The number of nitrogens with one attached hydrogen (secondary N) is 1. The zero-order chi connectivity index (χ0) is 13.6. The van der Waals surface area contributed by atoms with Crippen molar-refractivity contribution in [2.75, 3.05) is 4.90 Å². The summed E-state index contributed by atoms with van der Waals surface area (Å²) in [6.07, 6.45) is 0. The maximum atomic E-state index is 13.9. The maximum absolute atomic E-state index is 13.9. The molecule has 0 unspecified atom stereocenters. The molecule has 2 aromatic carbocycles. The van der Waals surface area contributed by atoms with Crippen molar-refractivity contribution < 1.29 is 8.78 Å². The summed E-state index contributed by atoms with van der Waals surface area (Å²) in [7, 11) is 0. The summed E-state index contributed by atoms with van der Waals surface area (Å²) in [6.45, 7) is 0.382. The number of nitrogens with zero attached hydrogens (tertiary/aromatic N) is 1. The van der Waals surface area contributed by atoms with E-state index in [1.807, 2.05) is 24.3 Å². The van der Waals surface area contributed by atoms with E-state index in [9.17, 15) is 8.78 Å². The van der Waals surface area contributed by atoms with Gasteiger partial charge in [0.15, 0.2) is 0 Å². The molecule has 1 aliphatic rings. The van der Waals surface area contributed by atoms with Crippen molar-refractivity contribution in [3.8, 4) is 0 Å². The molecule has 2 nitrogen and oxygen atoms in total. The van der Waals surface area contributed by atoms with Gasteiger partial charge in [0.1, 0.15) is 17.5 Å². The molecule has 2 aromatic rings. The smallest absolute Gasteiger partial charge is 0.148 e. The quantitative estimate of drug-likeness (QED) is 0.787. The second kappa shape index (κ2) is 4.42. The van der Waals surface area contributed by atoms with E-state index in [0.29, 0.717) is 6.54 Å². The predicted octanol–water partition coefficient (Wildman–Crippen LogP) is 4.07. The minimum Gasteiger partial charge on any atom is -0.319 e. The topological polar surface area (TPSA) is 27.1 Å². The van der Waals surface area contributed by atoms with Crippen LogP contribution in [0.4, 0.5) is 14.5 Å². The summed E-state index contributed by atoms with van der Waals surface area (Å²) in [6, 6.07) is 9.59. The molecule has 0 radical (unpaired) electrons. The van der Waals surface area contributed by atoms with Crippen LogP contribution in [0.25, 0.3) is 0 Å². The molecule has 0 aromatic heterocycles. The van der Waals surface area contributed by atoms with Crippen LogP contribution >= 0.6 is 15.9 Å². The van der Waals surface area contributed by atoms with E-state index in [4.69, 9.17) is 5.41 Å². The lowest BCUT2D eigenvalue weighted by Crippen LogP contribution is -2.24. The van der Waals surface area contributed by atoms with Crippen molar-refractivity contribution in [2.24, 2.45) is 0 Å². The fraction of sp³-hybridized carbons (Fsp3) is 0.0714. The van der Waals surface area contributed by atoms with Crippen LogP contribution in [0.2, 0.25) is 0 Å². The Hall–Kier alpha value is -1.75. The molecule has 1 aliphatic heterocycles. The van der Waals surface area contributed by atoms with Gasteiger partial charge in [0.05, 0.1) is 16.7 Å². The molecule has 0 amide bonds. The Morgan fingerprint density at radius 1 is 1.11 bits per heavy atom. The second-order valence-corrected chi connectivity index (χ2v) is 5.16. The average molecular weight is 323 g/mol. The van der Waals surface area contributed by atoms with Gasteiger partial charge in [-0.15, -0.1) is 0 Å². The normalized spacial score (nSPS) is 13.8. The van der Waals surface area contributed by atoms with E-state index < -0.39 is 11.6 Å². The van der Waals surface area contributed by atoms with Gasteiger partial charge in [0, 0.05) is 11.6 Å². The Morgan fingerprint density at radius 2 is 1.84 bits per heavy atom. The maximum Gasteiger partial charge on any atom is 0.148 e. The van der Waals surface area contributed by atoms with Crippen molar-refractivity contribution in [3.63, 3.8) is 0 Å². The van der Waals surface area contributed by atoms with E-state index in [0.717, 1.165) is 23.3 Å². The summed E-state index contributed by atoms with van der Waals surface area (Å²) in [5.74, 6) is -0.901. The number of hydrogen-bond acceptors (Lipinski definition) is 1. The van der Waals surface area contributed by atoms with Gasteiger partial charge in [-0.05, 0) is 27.6 Å². The SMILES string of the molecule is N=C1c2ccccc2CN1c1cc(F)c(Br)cc1F. The fourth-order valence-electron chi connectivity index (χ4n) is 2.21. The van der Waals surface area contributed by atoms with Crippen molar-refractivity contribution >= 4 is 27.5 Å². The van der Waals surface area contributed by atoms with Crippen LogP contribution in [0.15, 0.2) is 40.9 Å². The molecular formula is C14H9BrF2N2. The molecule has 1 heterocycles. The van der Waals surface area contributed by atoms with Gasteiger partial charge in [-0.25, -0.2) is 8.78 Å². The molecule has 0 atom stereocenters. The molecule has 5 heteroatoms. The van der Waals surface area contributed by atoms with Gasteiger partial charge in [-0.2, -0.15) is 0 Å². The Bertz CT molecular complexity index is 685. The van der Waals surface area contributed by atoms with E-state index in [-0.39, 0.29) is 16.0 Å². The first-order valence-corrected chi connectivity index (χ1v) is 6.46. The van der Waals surface area contributed by atoms with E-state index >= 15 is 0 Å². The minimum atomic E-state index is -0.550. The summed E-state index contributed by atoms with van der Waals surface area (Å²) in [4.78, 5) is 1.47. The minimum absolute atomic E-state index is 0.0805. The lowest BCUT2D eigenvalue weighted by Gasteiger charge is -2.19. The highest BCUT2D eigenvalue weighted by atomic mass is 79.9. The van der Waals surface area contributed by atoms with Crippen LogP contribution in [0, 0.1) is 17.0 Å². The van der Waals surface area contributed by atoms with Crippen LogP contribution in [0.1, 0.15) is 11.1 Å². The highest BCUT2D eigenvalue weighted by Gasteiger charge is 2.27. The van der Waals surface area contributed by atoms with Crippen molar-refractivity contribution in [1.82, 2.24) is 0 Å². The lowest BCUT2D eigenvalue weighted by molar-refractivity contribution is 0.594. The first kappa shape index (κ1) is 12.3. The van der Waals surface area contributed by atoms with Crippen LogP contribution < -0.4 is 4.90 Å². The Kier molecular flexibility index (Phi) is 2.86. The largest absolute Gasteiger partial charge is 0.319 e. The van der Waals surface area contributed by atoms with Crippen LogP contribution in [-0.4, -0.2) is 5.84 Å². The standard InChI is InChI=1S/C14H9BrF2N2/c15-10-5-12(17)13(6-11(10)16)19-7-8-3-1-2-4-9(8)14(19)18/h1-6,18H,7H2. The number of fused-ring (bicyclic) bond motifs is 1. The molecule has 0 aliphatic carbocycles. The van der Waals surface area contributed by atoms with Gasteiger partial charge in [0.2, 0.25) is 0 Å². The highest BCUT2D eigenvalue weighted by Crippen LogP contribution is 2.32. The number of rotatable bonds is 1. The Morgan fingerprint density at radius 3 is 2.58 bits per heavy atom. The average Bonchev–Trinajstić information content (AvgIpc) is 2.72. The number of halogens is 3. The first-order valence-electron chi connectivity index (χ1n) is 5.67. The zero-order valence-corrected chi connectivity index (χ0v) is 11.3. The second-order valence-electron chi connectivity index (χ2n) is 4.31. The van der Waals surface area contributed by atoms with Crippen molar-refractivity contribution in [3.05, 3.63) is 63.6 Å². The Balaban J connectivity index is 2.07. The lowest BCUT2D eigenvalue weighted by atomic mass is 10.1. The predicted molar refractivity (Wildman–Crippen MR) is 73.5 cm³/mol. The van der Waals surface area contributed by atoms with Gasteiger partial charge >= 0.3 is 0 Å². The highest BCUT2D eigenvalue weighted by molar-refractivity contribution is 9.10. The zero-order valence-electron chi connectivity index (χ0n) is 9.75. The third-order valence-corrected chi connectivity index (χ3v) is 3.76. The summed E-state index contributed by atoms with van der Waals surface area (Å²) in [5.41, 5.74) is 1.78. The summed E-state index contributed by atoms with van der Waals surface area (Å²) < 4.78 is 27.6. The number of amidine groups is 1. The molecule has 0 saturated heterocycles. The van der Waals surface area contributed by atoms with Crippen LogP contribution in [-0.2, 0) is 6.54 Å². The summed E-state index contributed by atoms with van der Waals surface area (Å²) >= 11 is 2.94. The molecule has 3 rings (SSSR count). The number of hydrogen-bond donors (Lipinski definition) is 1. The van der Waals surface area contributed by atoms with E-state index in [1.54, 1.807) is 0 Å². The molecular weight excluding hydrogens is 314 g/mol. The van der Waals surface area contributed by atoms with Crippen molar-refractivity contribution in [1.29, 1.82) is 5.41 Å². The monoisotopic (exact) mass is 322 g/mol. The fourth-order valence-corrected chi connectivity index (χ4v) is 2.52. The molecule has 0 fully saturated rings. The van der Waals surface area contributed by atoms with Crippen molar-refractivity contribution in [2.45, 2.75) is 6.54 Å². The third-order valence-electron chi connectivity index (χ3n) is 3.15. The summed E-state index contributed by atoms with van der Waals surface area (Å²) in [5, 5.41) is 8.07. The number of benzene rings is 2. The number of anilines is 1. The van der Waals surface area contributed by atoms with Gasteiger partial charge in [-0.3, -0.25) is 5.41 Å². The van der Waals surface area contributed by atoms with E-state index in [2.05, 4.69) is 15.9 Å². The third kappa shape index (κ3) is 1.94. The first-order chi connectivity index (χ1) is 9.08. The molecule has 0 saturated carbocycles. The molecule has 1 N–H and O–H groups in total. The van der Waals surface area contributed by atoms with Gasteiger partial charge in [-0.1, -0.05) is 24.3 Å². The van der Waals surface area contributed by atoms with Gasteiger partial charge in [0.25, 0.3) is 0 Å². The molecule has 19 heavy (non-hydrogen) atoms. The molecule has 96 valence electrons. The van der Waals surface area contributed by atoms with Gasteiger partial charge < -0.3 is 4.90 Å². The Labute approximate surface area is 117 Å². The molecule has 0 spiro atoms. The van der Waals surface area contributed by atoms with Crippen LogP contribution in [0.5, 0.6) is 0 Å². The van der Waals surface area contributed by atoms with E-state index in [1.165, 1.54) is 4.90 Å². The molecule has 0 bridgehead atoms.